The second-order valence-corrected chi connectivity index (χ2v) is 5.35. The summed E-state index contributed by atoms with van der Waals surface area (Å²) in [7, 11) is 0. The van der Waals surface area contributed by atoms with E-state index in [-0.39, 0.29) is 6.04 Å². The predicted molar refractivity (Wildman–Crippen MR) is 66.6 cm³/mol. The smallest absolute Gasteiger partial charge is 0.412 e. The van der Waals surface area contributed by atoms with E-state index in [0.29, 0.717) is 12.3 Å². The number of aromatic nitrogens is 2. The van der Waals surface area contributed by atoms with Gasteiger partial charge in [-0.05, 0) is 27.2 Å². The average Bonchev–Trinajstić information content (AvgIpc) is 2.82. The molecule has 2 heterocycles. The largest absolute Gasteiger partial charge is 0.444 e. The van der Waals surface area contributed by atoms with Gasteiger partial charge in [0.1, 0.15) is 5.60 Å². The molecular weight excluding hydrogens is 234 g/mol. The highest BCUT2D eigenvalue weighted by atomic mass is 16.6. The van der Waals surface area contributed by atoms with Crippen molar-refractivity contribution in [2.24, 2.45) is 0 Å². The third kappa shape index (κ3) is 3.46. The predicted octanol–water partition coefficient (Wildman–Crippen LogP) is 2.19. The molecule has 1 N–H and O–H groups in total. The van der Waals surface area contributed by atoms with Crippen LogP contribution in [0, 0.1) is 0 Å². The zero-order chi connectivity index (χ0) is 13.2. The van der Waals surface area contributed by atoms with Crippen LogP contribution in [0.25, 0.3) is 0 Å². The quantitative estimate of drug-likeness (QED) is 0.877. The van der Waals surface area contributed by atoms with Gasteiger partial charge in [0.25, 0.3) is 0 Å². The van der Waals surface area contributed by atoms with Crippen molar-refractivity contribution in [3.63, 3.8) is 0 Å². The lowest BCUT2D eigenvalue weighted by atomic mass is 10.2. The average molecular weight is 253 g/mol. The third-order valence-electron chi connectivity index (χ3n) is 2.53. The summed E-state index contributed by atoms with van der Waals surface area (Å²) in [6.45, 7) is 6.91. The lowest BCUT2D eigenvalue weighted by Crippen LogP contribution is -2.27. The molecule has 1 aliphatic rings. The molecule has 6 nitrogen and oxygen atoms in total. The lowest BCUT2D eigenvalue weighted by Gasteiger charge is -2.19. The third-order valence-corrected chi connectivity index (χ3v) is 2.53. The maximum atomic E-state index is 11.6. The first-order valence-electron chi connectivity index (χ1n) is 6.06. The summed E-state index contributed by atoms with van der Waals surface area (Å²) in [4.78, 5) is 11.6. The monoisotopic (exact) mass is 253 g/mol. The van der Waals surface area contributed by atoms with Crippen LogP contribution < -0.4 is 5.32 Å². The van der Waals surface area contributed by atoms with Gasteiger partial charge in [0, 0.05) is 12.8 Å². The normalized spacial score (nSPS) is 19.8. The van der Waals surface area contributed by atoms with Crippen molar-refractivity contribution in [1.82, 2.24) is 9.78 Å². The number of hydrogen-bond donors (Lipinski definition) is 1. The van der Waals surface area contributed by atoms with Gasteiger partial charge >= 0.3 is 6.09 Å². The maximum absolute atomic E-state index is 11.6. The lowest BCUT2D eigenvalue weighted by molar-refractivity contribution is 0.0636. The number of ether oxygens (including phenoxy) is 2. The molecule has 1 aromatic rings. The molecule has 1 fully saturated rings. The van der Waals surface area contributed by atoms with Gasteiger partial charge < -0.3 is 9.47 Å². The van der Waals surface area contributed by atoms with Crippen LogP contribution in [0.4, 0.5) is 10.5 Å². The second-order valence-electron chi connectivity index (χ2n) is 5.35. The van der Waals surface area contributed by atoms with Gasteiger partial charge in [-0.2, -0.15) is 5.10 Å². The molecule has 0 saturated carbocycles. The first kappa shape index (κ1) is 12.9. The minimum Gasteiger partial charge on any atom is -0.444 e. The van der Waals surface area contributed by atoms with Crippen molar-refractivity contribution < 1.29 is 14.3 Å². The summed E-state index contributed by atoms with van der Waals surface area (Å²) in [5, 5.41) is 6.87. The van der Waals surface area contributed by atoms with Gasteiger partial charge in [-0.25, -0.2) is 4.79 Å². The van der Waals surface area contributed by atoms with E-state index in [0.717, 1.165) is 13.0 Å². The molecule has 0 aliphatic carbocycles. The van der Waals surface area contributed by atoms with Crippen molar-refractivity contribution >= 4 is 11.8 Å². The van der Waals surface area contributed by atoms with E-state index in [9.17, 15) is 4.79 Å². The fourth-order valence-corrected chi connectivity index (χ4v) is 1.75. The van der Waals surface area contributed by atoms with Gasteiger partial charge in [-0.3, -0.25) is 10.00 Å². The Morgan fingerprint density at radius 2 is 2.39 bits per heavy atom. The Hall–Kier alpha value is -1.56. The van der Waals surface area contributed by atoms with Crippen LogP contribution in [0.5, 0.6) is 0 Å². The number of nitrogens with zero attached hydrogens (tertiary/aromatic N) is 2. The Bertz CT molecular complexity index is 416. The number of anilines is 1. The summed E-state index contributed by atoms with van der Waals surface area (Å²) in [5.41, 5.74) is 0.135. The van der Waals surface area contributed by atoms with E-state index >= 15 is 0 Å². The maximum Gasteiger partial charge on any atom is 0.412 e. The molecule has 0 radical (unpaired) electrons. The molecule has 1 aromatic heterocycles. The van der Waals surface area contributed by atoms with E-state index in [1.165, 1.54) is 0 Å². The van der Waals surface area contributed by atoms with E-state index < -0.39 is 11.7 Å². The van der Waals surface area contributed by atoms with Gasteiger partial charge in [-0.1, -0.05) is 0 Å². The minimum absolute atomic E-state index is 0.263. The molecule has 100 valence electrons. The van der Waals surface area contributed by atoms with E-state index in [2.05, 4.69) is 10.4 Å². The molecule has 18 heavy (non-hydrogen) atoms. The number of hydrogen-bond acceptors (Lipinski definition) is 4. The van der Waals surface area contributed by atoms with E-state index in [1.54, 1.807) is 12.4 Å². The van der Waals surface area contributed by atoms with Gasteiger partial charge in [-0.15, -0.1) is 0 Å². The molecule has 1 unspecified atom stereocenters. The Kier molecular flexibility index (Phi) is 3.56. The molecule has 0 spiro atoms. The Balaban J connectivity index is 1.92. The number of carbonyl (C=O) groups excluding carboxylic acids is 1. The molecule has 6 heteroatoms. The highest BCUT2D eigenvalue weighted by Gasteiger charge is 2.20. The molecule has 1 saturated heterocycles. The molecule has 0 bridgehead atoms. The minimum atomic E-state index is -0.501. The van der Waals surface area contributed by atoms with Crippen LogP contribution in [-0.2, 0) is 9.47 Å². The Morgan fingerprint density at radius 1 is 1.61 bits per heavy atom. The van der Waals surface area contributed by atoms with Crippen LogP contribution in [-0.4, -0.2) is 34.7 Å². The Labute approximate surface area is 106 Å². The fraction of sp³-hybridized carbons (Fsp3) is 0.667. The molecule has 1 amide bonds. The zero-order valence-corrected chi connectivity index (χ0v) is 11.0. The number of rotatable bonds is 2. The van der Waals surface area contributed by atoms with Crippen molar-refractivity contribution in [3.8, 4) is 0 Å². The van der Waals surface area contributed by atoms with Crippen LogP contribution in [0.3, 0.4) is 0 Å². The second kappa shape index (κ2) is 4.97. The standard InChI is InChI=1S/C12H19N3O3/c1-12(2,3)18-11(16)14-9-6-13-15(7-9)10-4-5-17-8-10/h6-7,10H,4-5,8H2,1-3H3,(H,14,16). The summed E-state index contributed by atoms with van der Waals surface area (Å²) in [6, 6.07) is 0.263. The van der Waals surface area contributed by atoms with Crippen molar-refractivity contribution in [2.45, 2.75) is 38.8 Å². The van der Waals surface area contributed by atoms with Crippen LogP contribution in [0.2, 0.25) is 0 Å². The summed E-state index contributed by atoms with van der Waals surface area (Å²) < 4.78 is 12.3. The topological polar surface area (TPSA) is 65.4 Å². The number of carbonyl (C=O) groups is 1. The molecule has 1 aliphatic heterocycles. The summed E-state index contributed by atoms with van der Waals surface area (Å²) >= 11 is 0. The van der Waals surface area contributed by atoms with Crippen LogP contribution >= 0.6 is 0 Å². The van der Waals surface area contributed by atoms with Crippen molar-refractivity contribution in [2.75, 3.05) is 18.5 Å². The van der Waals surface area contributed by atoms with Gasteiger partial charge in [0.05, 0.1) is 24.5 Å². The van der Waals surface area contributed by atoms with Crippen LogP contribution in [0.15, 0.2) is 12.4 Å². The highest BCUT2D eigenvalue weighted by Crippen LogP contribution is 2.20. The first-order chi connectivity index (χ1) is 8.44. The SMILES string of the molecule is CC(C)(C)OC(=O)Nc1cnn(C2CCOC2)c1. The molecule has 2 rings (SSSR count). The van der Waals surface area contributed by atoms with E-state index in [1.807, 2.05) is 25.5 Å². The molecule has 1 atom stereocenters. The summed E-state index contributed by atoms with van der Waals surface area (Å²) in [5.74, 6) is 0. The molecular formula is C12H19N3O3. The van der Waals surface area contributed by atoms with Gasteiger partial charge in [0.15, 0.2) is 0 Å². The highest BCUT2D eigenvalue weighted by molar-refractivity contribution is 5.84. The van der Waals surface area contributed by atoms with Crippen LogP contribution in [0.1, 0.15) is 33.2 Å². The molecule has 0 aromatic carbocycles. The number of amides is 1. The fourth-order valence-electron chi connectivity index (χ4n) is 1.75. The number of nitrogens with one attached hydrogen (secondary N) is 1. The van der Waals surface area contributed by atoms with Crippen molar-refractivity contribution in [3.05, 3.63) is 12.4 Å². The Morgan fingerprint density at radius 3 is 3.00 bits per heavy atom. The van der Waals surface area contributed by atoms with E-state index in [4.69, 9.17) is 9.47 Å². The van der Waals surface area contributed by atoms with Crippen molar-refractivity contribution in [1.29, 1.82) is 0 Å². The van der Waals surface area contributed by atoms with Gasteiger partial charge in [0.2, 0.25) is 0 Å². The summed E-state index contributed by atoms with van der Waals surface area (Å²) in [6.07, 6.45) is 3.89. The zero-order valence-electron chi connectivity index (χ0n) is 11.0. The first-order valence-corrected chi connectivity index (χ1v) is 6.06.